The normalized spacial score (nSPS) is 14.9. The van der Waals surface area contributed by atoms with Crippen LogP contribution in [0, 0.1) is 0 Å². The molecule has 0 saturated carbocycles. The van der Waals surface area contributed by atoms with Crippen molar-refractivity contribution in [3.8, 4) is 0 Å². The number of nitrogens with zero attached hydrogens (tertiary/aromatic N) is 2. The number of hydrogen-bond donors (Lipinski definition) is 2. The molecule has 1 fully saturated rings. The van der Waals surface area contributed by atoms with Crippen LogP contribution in [-0.2, 0) is 4.74 Å². The Morgan fingerprint density at radius 3 is 2.10 bits per heavy atom. The molecule has 5 nitrogen and oxygen atoms in total. The maximum atomic E-state index is 5.41. The third-order valence-corrected chi connectivity index (χ3v) is 5.40. The van der Waals surface area contributed by atoms with Gasteiger partial charge in [-0.3, -0.25) is 9.89 Å². The third-order valence-electron chi connectivity index (χ3n) is 5.40. The van der Waals surface area contributed by atoms with Gasteiger partial charge in [0.05, 0.1) is 13.2 Å². The van der Waals surface area contributed by atoms with Crippen LogP contribution in [0.15, 0.2) is 65.7 Å². The number of halogens is 1. The number of guanidine groups is 1. The number of nitrogens with one attached hydrogen (secondary N) is 2. The van der Waals surface area contributed by atoms with Crippen LogP contribution in [0.1, 0.15) is 29.9 Å². The molecule has 0 radical (unpaired) electrons. The molecule has 0 amide bonds. The molecule has 1 heterocycles. The summed E-state index contributed by atoms with van der Waals surface area (Å²) in [6.45, 7) is 6.78. The number of hydrogen-bond acceptors (Lipinski definition) is 3. The van der Waals surface area contributed by atoms with Crippen molar-refractivity contribution in [3.05, 3.63) is 71.8 Å². The molecule has 1 saturated heterocycles. The Kier molecular flexibility index (Phi) is 11.8. The zero-order valence-electron chi connectivity index (χ0n) is 17.9. The molecule has 0 unspecified atom stereocenters. The van der Waals surface area contributed by atoms with Gasteiger partial charge >= 0.3 is 0 Å². The van der Waals surface area contributed by atoms with Gasteiger partial charge in [0.1, 0.15) is 0 Å². The minimum atomic E-state index is 0. The van der Waals surface area contributed by atoms with Crippen molar-refractivity contribution in [2.75, 3.05) is 53.0 Å². The number of unbranched alkanes of at least 4 members (excludes halogenated alkanes) is 1. The first-order chi connectivity index (χ1) is 14.4. The van der Waals surface area contributed by atoms with Gasteiger partial charge in [-0.2, -0.15) is 0 Å². The maximum absolute atomic E-state index is 5.41. The molecule has 0 aromatic heterocycles. The van der Waals surface area contributed by atoms with Gasteiger partial charge in [-0.25, -0.2) is 0 Å². The highest BCUT2D eigenvalue weighted by atomic mass is 127. The lowest BCUT2D eigenvalue weighted by Gasteiger charge is -2.26. The lowest BCUT2D eigenvalue weighted by Crippen LogP contribution is -2.40. The minimum Gasteiger partial charge on any atom is -0.379 e. The first-order valence-electron chi connectivity index (χ1n) is 10.7. The Morgan fingerprint density at radius 1 is 0.933 bits per heavy atom. The lowest BCUT2D eigenvalue weighted by atomic mass is 9.91. The fourth-order valence-corrected chi connectivity index (χ4v) is 3.71. The van der Waals surface area contributed by atoms with Crippen LogP contribution in [0.2, 0.25) is 0 Å². The van der Waals surface area contributed by atoms with Crippen LogP contribution in [0.5, 0.6) is 0 Å². The van der Waals surface area contributed by atoms with E-state index in [9.17, 15) is 0 Å². The van der Waals surface area contributed by atoms with Crippen molar-refractivity contribution >= 4 is 29.9 Å². The van der Waals surface area contributed by atoms with Crippen LogP contribution in [0.4, 0.5) is 0 Å². The molecule has 1 aliphatic heterocycles. The SMILES string of the molecule is CN=C(NCCCCN1CCOCC1)NCC(c1ccccc1)c1ccccc1.I. The molecule has 6 heteroatoms. The van der Waals surface area contributed by atoms with E-state index in [0.29, 0.717) is 0 Å². The predicted octanol–water partition coefficient (Wildman–Crippen LogP) is 3.71. The standard InChI is InChI=1S/C24H34N4O.HI/c1-25-24(26-14-8-9-15-28-16-18-29-19-17-28)27-20-23(21-10-4-2-5-11-21)22-12-6-3-7-13-22;/h2-7,10-13,23H,8-9,14-20H2,1H3,(H2,25,26,27);1H. The average Bonchev–Trinajstić information content (AvgIpc) is 2.80. The molecule has 3 rings (SSSR count). The highest BCUT2D eigenvalue weighted by molar-refractivity contribution is 14.0. The van der Waals surface area contributed by atoms with Gasteiger partial charge in [0.15, 0.2) is 5.96 Å². The smallest absolute Gasteiger partial charge is 0.191 e. The van der Waals surface area contributed by atoms with Gasteiger partial charge in [-0.05, 0) is 30.5 Å². The lowest BCUT2D eigenvalue weighted by molar-refractivity contribution is 0.0372. The molecule has 0 atom stereocenters. The third kappa shape index (κ3) is 8.24. The second-order valence-corrected chi connectivity index (χ2v) is 7.41. The zero-order chi connectivity index (χ0) is 20.2. The monoisotopic (exact) mass is 522 g/mol. The van der Waals surface area contributed by atoms with E-state index in [4.69, 9.17) is 4.74 Å². The van der Waals surface area contributed by atoms with E-state index < -0.39 is 0 Å². The fraction of sp³-hybridized carbons (Fsp3) is 0.458. The van der Waals surface area contributed by atoms with Crippen LogP contribution < -0.4 is 10.6 Å². The van der Waals surface area contributed by atoms with Crippen molar-refractivity contribution in [2.45, 2.75) is 18.8 Å². The van der Waals surface area contributed by atoms with Crippen molar-refractivity contribution in [1.29, 1.82) is 0 Å². The molecule has 2 N–H and O–H groups in total. The van der Waals surface area contributed by atoms with Crippen LogP contribution >= 0.6 is 24.0 Å². The topological polar surface area (TPSA) is 48.9 Å². The van der Waals surface area contributed by atoms with Gasteiger partial charge in [0.25, 0.3) is 0 Å². The second kappa shape index (κ2) is 14.4. The molecular formula is C24H35IN4O. The molecule has 0 spiro atoms. The number of benzene rings is 2. The Labute approximate surface area is 198 Å². The average molecular weight is 522 g/mol. The van der Waals surface area contributed by atoms with Crippen molar-refractivity contribution in [3.63, 3.8) is 0 Å². The van der Waals surface area contributed by atoms with E-state index >= 15 is 0 Å². The van der Waals surface area contributed by atoms with Crippen LogP contribution in [-0.4, -0.2) is 63.8 Å². The summed E-state index contributed by atoms with van der Waals surface area (Å²) in [6, 6.07) is 21.3. The minimum absolute atomic E-state index is 0. The Morgan fingerprint density at radius 2 is 1.53 bits per heavy atom. The number of rotatable bonds is 9. The van der Waals surface area contributed by atoms with Gasteiger partial charge in [-0.15, -0.1) is 24.0 Å². The second-order valence-electron chi connectivity index (χ2n) is 7.41. The van der Waals surface area contributed by atoms with Crippen molar-refractivity contribution in [2.24, 2.45) is 4.99 Å². The summed E-state index contributed by atoms with van der Waals surface area (Å²) in [6.07, 6.45) is 2.33. The summed E-state index contributed by atoms with van der Waals surface area (Å²) in [5, 5.41) is 6.98. The highest BCUT2D eigenvalue weighted by Gasteiger charge is 2.14. The van der Waals surface area contributed by atoms with E-state index in [1.54, 1.807) is 0 Å². The van der Waals surface area contributed by atoms with E-state index in [-0.39, 0.29) is 29.9 Å². The molecule has 1 aliphatic rings. The summed E-state index contributed by atoms with van der Waals surface area (Å²) >= 11 is 0. The summed E-state index contributed by atoms with van der Waals surface area (Å²) in [4.78, 5) is 6.89. The van der Waals surface area contributed by atoms with Crippen LogP contribution in [0.3, 0.4) is 0 Å². The first kappa shape index (κ1) is 24.6. The number of aliphatic imine (C=N–C) groups is 1. The summed E-state index contributed by atoms with van der Waals surface area (Å²) in [5.41, 5.74) is 2.62. The summed E-state index contributed by atoms with van der Waals surface area (Å²) < 4.78 is 5.41. The van der Waals surface area contributed by atoms with Crippen molar-refractivity contribution in [1.82, 2.24) is 15.5 Å². The summed E-state index contributed by atoms with van der Waals surface area (Å²) in [5.74, 6) is 1.16. The predicted molar refractivity (Wildman–Crippen MR) is 136 cm³/mol. The fourth-order valence-electron chi connectivity index (χ4n) is 3.71. The largest absolute Gasteiger partial charge is 0.379 e. The number of ether oxygens (including phenoxy) is 1. The number of morpholine rings is 1. The molecule has 2 aromatic rings. The van der Waals surface area contributed by atoms with Gasteiger partial charge < -0.3 is 15.4 Å². The Hall–Kier alpha value is -1.64. The van der Waals surface area contributed by atoms with E-state index in [1.807, 2.05) is 7.05 Å². The quantitative estimate of drug-likeness (QED) is 0.228. The molecule has 30 heavy (non-hydrogen) atoms. The maximum Gasteiger partial charge on any atom is 0.191 e. The molecular weight excluding hydrogens is 487 g/mol. The molecule has 164 valence electrons. The van der Waals surface area contributed by atoms with E-state index in [1.165, 1.54) is 17.5 Å². The van der Waals surface area contributed by atoms with Crippen LogP contribution in [0.25, 0.3) is 0 Å². The first-order valence-corrected chi connectivity index (χ1v) is 10.7. The van der Waals surface area contributed by atoms with E-state index in [0.717, 1.165) is 58.3 Å². The zero-order valence-corrected chi connectivity index (χ0v) is 20.3. The van der Waals surface area contributed by atoms with E-state index in [2.05, 4.69) is 81.2 Å². The molecule has 2 aromatic carbocycles. The summed E-state index contributed by atoms with van der Waals surface area (Å²) in [7, 11) is 1.84. The Bertz CT molecular complexity index is 681. The van der Waals surface area contributed by atoms with Gasteiger partial charge in [0.2, 0.25) is 0 Å². The van der Waals surface area contributed by atoms with Gasteiger partial charge in [0, 0.05) is 39.1 Å². The highest BCUT2D eigenvalue weighted by Crippen LogP contribution is 2.23. The molecule has 0 bridgehead atoms. The van der Waals surface area contributed by atoms with Crippen molar-refractivity contribution < 1.29 is 4.74 Å². The Balaban J connectivity index is 0.00000320. The molecule has 0 aliphatic carbocycles. The van der Waals surface area contributed by atoms with Gasteiger partial charge in [-0.1, -0.05) is 60.7 Å².